The number of pyridine rings is 2. The molecule has 6 aromatic rings. The zero-order valence-electron chi connectivity index (χ0n) is 23.5. The van der Waals surface area contributed by atoms with E-state index in [1.165, 1.54) is 19.3 Å². The predicted octanol–water partition coefficient (Wildman–Crippen LogP) is 7.51. The molecular formula is C32H29F3N6O3. The number of hydrogen-bond acceptors (Lipinski definition) is 7. The second-order valence-corrected chi connectivity index (χ2v) is 9.86. The number of carbonyl (C=O) groups excluding carboxylic acids is 1. The summed E-state index contributed by atoms with van der Waals surface area (Å²) in [6.07, 6.45) is -1.39. The number of nitrogens with zero attached hydrogens (tertiary/aromatic N) is 4. The Balaban J connectivity index is 0.00000240. The largest absolute Gasteiger partial charge is 0.483 e. The summed E-state index contributed by atoms with van der Waals surface area (Å²) in [4.78, 5) is 25.1. The van der Waals surface area contributed by atoms with Crippen LogP contribution in [0.25, 0.3) is 33.1 Å². The first-order chi connectivity index (χ1) is 21.2. The fraction of sp³-hybridized carbons (Fsp3) is 0.125. The minimum Gasteiger partial charge on any atom is -0.483 e. The van der Waals surface area contributed by atoms with E-state index in [-0.39, 0.29) is 20.2 Å². The third-order valence-electron chi connectivity index (χ3n) is 6.81. The van der Waals surface area contributed by atoms with Gasteiger partial charge < -0.3 is 24.7 Å². The molecule has 2 N–H and O–H groups in total. The fourth-order valence-electron chi connectivity index (χ4n) is 4.68. The number of rotatable bonds is 8. The zero-order chi connectivity index (χ0) is 30.8. The Kier molecular flexibility index (Phi) is 7.48. The van der Waals surface area contributed by atoms with Gasteiger partial charge in [0.1, 0.15) is 22.9 Å². The summed E-state index contributed by atoms with van der Waals surface area (Å²) in [6, 6.07) is 22.8. The maximum absolute atomic E-state index is 13.0. The average molecular weight is 603 g/mol. The standard InChI is InChI=1S/C32H25F3N6O3.2H2/c1-36-30(42)27-16-23(11-12-37-27)44-22-8-9-28-26(15-22)40-31(41(28)2)39-21-7-10-29(43-18-32(33,34)35)24(14-21)20-13-19-5-3-4-6-25(19)38-17-20;;/h3-17H,18H2,1-2H3,(H,36,42)(H,39,40);2*1H. The Bertz CT molecular complexity index is 2020. The lowest BCUT2D eigenvalue weighted by Crippen LogP contribution is -2.19. The molecule has 0 atom stereocenters. The predicted molar refractivity (Wildman–Crippen MR) is 165 cm³/mol. The average Bonchev–Trinajstić information content (AvgIpc) is 3.33. The number of carbonyl (C=O) groups is 1. The van der Waals surface area contributed by atoms with Crippen LogP contribution in [0.3, 0.4) is 0 Å². The van der Waals surface area contributed by atoms with Crippen LogP contribution in [0, 0.1) is 0 Å². The molecule has 0 saturated heterocycles. The highest BCUT2D eigenvalue weighted by Crippen LogP contribution is 2.36. The van der Waals surface area contributed by atoms with Crippen molar-refractivity contribution in [3.63, 3.8) is 0 Å². The van der Waals surface area contributed by atoms with Crippen LogP contribution >= 0.6 is 0 Å². The number of imidazole rings is 1. The second kappa shape index (κ2) is 11.6. The number of halogens is 3. The minimum atomic E-state index is -4.49. The Morgan fingerprint density at radius 2 is 1.77 bits per heavy atom. The summed E-state index contributed by atoms with van der Waals surface area (Å²) in [6.45, 7) is -1.42. The van der Waals surface area contributed by atoms with E-state index < -0.39 is 12.8 Å². The van der Waals surface area contributed by atoms with Crippen molar-refractivity contribution in [2.75, 3.05) is 19.0 Å². The summed E-state index contributed by atoms with van der Waals surface area (Å²) in [5.41, 5.74) is 4.07. The van der Waals surface area contributed by atoms with Crippen LogP contribution in [-0.2, 0) is 7.05 Å². The van der Waals surface area contributed by atoms with Gasteiger partial charge in [-0.15, -0.1) is 0 Å². The number of para-hydroxylation sites is 1. The molecule has 1 amide bonds. The van der Waals surface area contributed by atoms with Crippen molar-refractivity contribution in [3.05, 3.63) is 97.0 Å². The molecule has 6 rings (SSSR count). The molecule has 44 heavy (non-hydrogen) atoms. The van der Waals surface area contributed by atoms with Crippen LogP contribution in [0.1, 0.15) is 13.3 Å². The Morgan fingerprint density at radius 3 is 2.59 bits per heavy atom. The van der Waals surface area contributed by atoms with Gasteiger partial charge in [0.15, 0.2) is 6.61 Å². The topological polar surface area (TPSA) is 103 Å². The molecule has 0 aliphatic heterocycles. The maximum Gasteiger partial charge on any atom is 0.422 e. The molecule has 0 bridgehead atoms. The van der Waals surface area contributed by atoms with Crippen molar-refractivity contribution in [2.24, 2.45) is 7.05 Å². The lowest BCUT2D eigenvalue weighted by atomic mass is 10.0. The molecule has 12 heteroatoms. The monoisotopic (exact) mass is 602 g/mol. The van der Waals surface area contributed by atoms with E-state index in [4.69, 9.17) is 14.5 Å². The number of anilines is 2. The molecule has 0 fully saturated rings. The van der Waals surface area contributed by atoms with Crippen molar-refractivity contribution in [1.82, 2.24) is 24.8 Å². The first kappa shape index (κ1) is 28.5. The second-order valence-electron chi connectivity index (χ2n) is 9.86. The Labute approximate surface area is 252 Å². The number of nitrogens with one attached hydrogen (secondary N) is 2. The lowest BCUT2D eigenvalue weighted by Gasteiger charge is -2.16. The highest BCUT2D eigenvalue weighted by atomic mass is 19.4. The summed E-state index contributed by atoms with van der Waals surface area (Å²) in [7, 11) is 3.36. The molecule has 3 aromatic carbocycles. The van der Waals surface area contributed by atoms with Gasteiger partial charge in [-0.05, 0) is 48.5 Å². The van der Waals surface area contributed by atoms with E-state index in [2.05, 4.69) is 20.6 Å². The summed E-state index contributed by atoms with van der Waals surface area (Å²) in [5, 5.41) is 6.64. The van der Waals surface area contributed by atoms with Gasteiger partial charge in [0.2, 0.25) is 5.95 Å². The molecule has 0 unspecified atom stereocenters. The van der Waals surface area contributed by atoms with Crippen LogP contribution in [-0.4, -0.2) is 45.3 Å². The van der Waals surface area contributed by atoms with Crippen LogP contribution in [0.5, 0.6) is 17.2 Å². The van der Waals surface area contributed by atoms with Crippen LogP contribution in [0.15, 0.2) is 91.3 Å². The van der Waals surface area contributed by atoms with Gasteiger partial charge in [0.05, 0.1) is 16.6 Å². The molecule has 0 spiro atoms. The zero-order valence-corrected chi connectivity index (χ0v) is 23.5. The molecule has 0 aliphatic rings. The smallest absolute Gasteiger partial charge is 0.422 e. The third-order valence-corrected chi connectivity index (χ3v) is 6.81. The Morgan fingerprint density at radius 1 is 0.955 bits per heavy atom. The van der Waals surface area contributed by atoms with E-state index in [9.17, 15) is 18.0 Å². The van der Waals surface area contributed by atoms with Crippen molar-refractivity contribution in [2.45, 2.75) is 6.18 Å². The first-order valence-corrected chi connectivity index (χ1v) is 13.4. The summed E-state index contributed by atoms with van der Waals surface area (Å²) >= 11 is 0. The number of amides is 1. The molecule has 226 valence electrons. The number of aryl methyl sites for hydroxylation is 1. The summed E-state index contributed by atoms with van der Waals surface area (Å²) in [5.74, 6) is 1.19. The van der Waals surface area contributed by atoms with Crippen molar-refractivity contribution in [1.29, 1.82) is 0 Å². The molecule has 9 nitrogen and oxygen atoms in total. The van der Waals surface area contributed by atoms with E-state index in [0.717, 1.165) is 16.4 Å². The van der Waals surface area contributed by atoms with Crippen LogP contribution in [0.4, 0.5) is 24.8 Å². The Hall–Kier alpha value is -5.65. The van der Waals surface area contributed by atoms with Gasteiger partial charge in [0.25, 0.3) is 5.91 Å². The normalized spacial score (nSPS) is 11.5. The lowest BCUT2D eigenvalue weighted by molar-refractivity contribution is -0.153. The van der Waals surface area contributed by atoms with Crippen LogP contribution in [0.2, 0.25) is 0 Å². The van der Waals surface area contributed by atoms with Gasteiger partial charge in [-0.1, -0.05) is 18.2 Å². The number of alkyl halides is 3. The van der Waals surface area contributed by atoms with Gasteiger partial charge in [-0.25, -0.2) is 4.98 Å². The van der Waals surface area contributed by atoms with Crippen molar-refractivity contribution < 1.29 is 30.3 Å². The number of hydrogen-bond donors (Lipinski definition) is 2. The van der Waals surface area contributed by atoms with Crippen LogP contribution < -0.4 is 20.1 Å². The van der Waals surface area contributed by atoms with Gasteiger partial charge in [0, 0.05) is 63.7 Å². The highest BCUT2D eigenvalue weighted by molar-refractivity contribution is 5.92. The van der Waals surface area contributed by atoms with Crippen molar-refractivity contribution >= 4 is 39.5 Å². The first-order valence-electron chi connectivity index (χ1n) is 13.4. The van der Waals surface area contributed by atoms with Gasteiger partial charge in [-0.2, -0.15) is 13.2 Å². The molecular weight excluding hydrogens is 573 g/mol. The van der Waals surface area contributed by atoms with Gasteiger partial charge in [-0.3, -0.25) is 14.8 Å². The number of benzene rings is 3. The van der Waals surface area contributed by atoms with Crippen molar-refractivity contribution in [3.8, 4) is 28.4 Å². The van der Waals surface area contributed by atoms with E-state index in [1.807, 2.05) is 48.0 Å². The molecule has 0 radical (unpaired) electrons. The SMILES string of the molecule is CNC(=O)c1cc(Oc2ccc3c(c2)nc(Nc2ccc(OCC(F)(F)F)c(-c4cnc5ccccc5c4)c2)n3C)ccn1.[HH].[HH]. The fourth-order valence-corrected chi connectivity index (χ4v) is 4.68. The quantitative estimate of drug-likeness (QED) is 0.186. The molecule has 0 saturated carbocycles. The van der Waals surface area contributed by atoms with E-state index in [1.54, 1.807) is 42.6 Å². The maximum atomic E-state index is 13.0. The van der Waals surface area contributed by atoms with E-state index >= 15 is 0 Å². The molecule has 3 heterocycles. The summed E-state index contributed by atoms with van der Waals surface area (Å²) < 4.78 is 52.1. The molecule has 3 aromatic heterocycles. The number of aromatic nitrogens is 4. The highest BCUT2D eigenvalue weighted by Gasteiger charge is 2.29. The molecule has 0 aliphatic carbocycles. The minimum absolute atomic E-state index is 0. The third kappa shape index (κ3) is 6.09. The van der Waals surface area contributed by atoms with E-state index in [0.29, 0.717) is 39.8 Å². The number of ether oxygens (including phenoxy) is 2. The van der Waals surface area contributed by atoms with Gasteiger partial charge >= 0.3 is 6.18 Å². The number of fused-ring (bicyclic) bond motifs is 2.